The molecule has 0 aromatic carbocycles. The molecule has 0 aromatic heterocycles. The van der Waals surface area contributed by atoms with Crippen LogP contribution in [0.4, 0.5) is 0 Å². The molecule has 0 bridgehead atoms. The average Bonchev–Trinajstić information content (AvgIpc) is 3.03. The Hall–Kier alpha value is -0.0800. The van der Waals surface area contributed by atoms with Crippen LogP contribution in [0.25, 0.3) is 0 Å². The maximum atomic E-state index is 5.90. The normalized spacial score (nSPS) is 32.4. The fourth-order valence-electron chi connectivity index (χ4n) is 4.87. The van der Waals surface area contributed by atoms with Gasteiger partial charge in [-0.05, 0) is 46.2 Å². The van der Waals surface area contributed by atoms with Crippen LogP contribution in [0.15, 0.2) is 4.99 Å². The second kappa shape index (κ2) is 8.30. The van der Waals surface area contributed by atoms with E-state index in [4.69, 9.17) is 4.74 Å². The van der Waals surface area contributed by atoms with Crippen molar-refractivity contribution in [1.82, 2.24) is 15.5 Å². The lowest BCUT2D eigenvalue weighted by Crippen LogP contribution is -2.68. The minimum atomic E-state index is 0. The number of likely N-dealkylation sites (tertiary alicyclic amines) is 1. The van der Waals surface area contributed by atoms with E-state index in [9.17, 15) is 0 Å². The fourth-order valence-corrected chi connectivity index (χ4v) is 4.87. The highest BCUT2D eigenvalue weighted by Crippen LogP contribution is 2.52. The lowest BCUT2D eigenvalue weighted by Gasteiger charge is -2.55. The van der Waals surface area contributed by atoms with E-state index in [1.165, 1.54) is 38.8 Å². The fraction of sp³-hybridized carbons (Fsp3) is 0.947. The lowest BCUT2D eigenvalue weighted by molar-refractivity contribution is -0.106. The van der Waals surface area contributed by atoms with Gasteiger partial charge in [-0.1, -0.05) is 20.3 Å². The number of piperidine rings is 1. The van der Waals surface area contributed by atoms with Gasteiger partial charge in [-0.15, -0.1) is 24.0 Å². The van der Waals surface area contributed by atoms with Crippen LogP contribution in [-0.2, 0) is 4.74 Å². The zero-order valence-electron chi connectivity index (χ0n) is 16.6. The average molecular weight is 464 g/mol. The number of rotatable bonds is 4. The Labute approximate surface area is 170 Å². The molecule has 25 heavy (non-hydrogen) atoms. The van der Waals surface area contributed by atoms with Gasteiger partial charge >= 0.3 is 0 Å². The van der Waals surface area contributed by atoms with Gasteiger partial charge in [-0.2, -0.15) is 0 Å². The minimum Gasteiger partial charge on any atom is -0.377 e. The minimum absolute atomic E-state index is 0. The van der Waals surface area contributed by atoms with Crippen LogP contribution in [0.1, 0.15) is 53.4 Å². The van der Waals surface area contributed by atoms with E-state index < -0.39 is 0 Å². The second-order valence-electron chi connectivity index (χ2n) is 8.97. The summed E-state index contributed by atoms with van der Waals surface area (Å²) in [6, 6.07) is 0.453. The molecule has 3 aliphatic rings. The number of nitrogens with one attached hydrogen (secondary N) is 2. The molecule has 0 spiro atoms. The molecule has 2 heterocycles. The number of halogens is 1. The molecule has 0 radical (unpaired) electrons. The third-order valence-corrected chi connectivity index (χ3v) is 6.52. The Balaban J connectivity index is 0.00000225. The Morgan fingerprint density at radius 3 is 2.56 bits per heavy atom. The predicted molar refractivity (Wildman–Crippen MR) is 115 cm³/mol. The number of nitrogens with zero attached hydrogens (tertiary/aromatic N) is 2. The molecular formula is C19H37IN4O. The van der Waals surface area contributed by atoms with Gasteiger partial charge in [0.15, 0.2) is 5.96 Å². The highest BCUT2D eigenvalue weighted by Gasteiger charge is 2.59. The van der Waals surface area contributed by atoms with E-state index in [-0.39, 0.29) is 34.9 Å². The largest absolute Gasteiger partial charge is 0.377 e. The first kappa shape index (κ1) is 21.2. The molecule has 146 valence electrons. The monoisotopic (exact) mass is 464 g/mol. The molecule has 3 unspecified atom stereocenters. The maximum Gasteiger partial charge on any atom is 0.191 e. The first-order valence-electron chi connectivity index (χ1n) is 9.70. The van der Waals surface area contributed by atoms with Crippen molar-refractivity contribution in [2.75, 3.05) is 33.3 Å². The van der Waals surface area contributed by atoms with Gasteiger partial charge in [-0.25, -0.2) is 0 Å². The summed E-state index contributed by atoms with van der Waals surface area (Å²) in [5.41, 5.74) is 0.341. The Morgan fingerprint density at radius 2 is 1.92 bits per heavy atom. The molecule has 3 rings (SSSR count). The first-order chi connectivity index (χ1) is 11.4. The third-order valence-electron chi connectivity index (χ3n) is 6.52. The van der Waals surface area contributed by atoms with Gasteiger partial charge in [0, 0.05) is 43.1 Å². The summed E-state index contributed by atoms with van der Waals surface area (Å²) in [5.74, 6) is 1.57. The molecule has 0 aromatic rings. The van der Waals surface area contributed by atoms with Crippen LogP contribution in [0.5, 0.6) is 0 Å². The van der Waals surface area contributed by atoms with Gasteiger partial charge in [0.1, 0.15) is 0 Å². The molecule has 1 saturated carbocycles. The second-order valence-corrected chi connectivity index (χ2v) is 8.97. The smallest absolute Gasteiger partial charge is 0.191 e. The number of hydrogen-bond acceptors (Lipinski definition) is 3. The van der Waals surface area contributed by atoms with Crippen molar-refractivity contribution in [2.45, 2.75) is 71.1 Å². The maximum absolute atomic E-state index is 5.90. The van der Waals surface area contributed by atoms with Crippen molar-refractivity contribution in [3.05, 3.63) is 0 Å². The van der Waals surface area contributed by atoms with Crippen molar-refractivity contribution in [3.8, 4) is 0 Å². The molecule has 2 saturated heterocycles. The highest BCUT2D eigenvalue weighted by atomic mass is 127. The topological polar surface area (TPSA) is 48.9 Å². The van der Waals surface area contributed by atoms with Crippen molar-refractivity contribution in [2.24, 2.45) is 16.3 Å². The van der Waals surface area contributed by atoms with Crippen molar-refractivity contribution >= 4 is 29.9 Å². The summed E-state index contributed by atoms with van der Waals surface area (Å²) in [6.45, 7) is 13.6. The highest BCUT2D eigenvalue weighted by molar-refractivity contribution is 14.0. The van der Waals surface area contributed by atoms with Gasteiger partial charge in [-0.3, -0.25) is 9.89 Å². The van der Waals surface area contributed by atoms with E-state index >= 15 is 0 Å². The summed E-state index contributed by atoms with van der Waals surface area (Å²) in [7, 11) is 1.87. The van der Waals surface area contributed by atoms with Crippen molar-refractivity contribution in [3.63, 3.8) is 0 Å². The van der Waals surface area contributed by atoms with Crippen LogP contribution in [0, 0.1) is 11.3 Å². The quantitative estimate of drug-likeness (QED) is 0.382. The molecule has 3 atom stereocenters. The van der Waals surface area contributed by atoms with Gasteiger partial charge in [0.2, 0.25) is 0 Å². The molecule has 2 aliphatic heterocycles. The summed E-state index contributed by atoms with van der Waals surface area (Å²) < 4.78 is 5.90. The summed E-state index contributed by atoms with van der Waals surface area (Å²) in [5, 5.41) is 7.26. The van der Waals surface area contributed by atoms with Crippen LogP contribution < -0.4 is 10.6 Å². The summed E-state index contributed by atoms with van der Waals surface area (Å²) >= 11 is 0. The molecular weight excluding hydrogens is 427 g/mol. The van der Waals surface area contributed by atoms with Crippen LogP contribution in [0.3, 0.4) is 0 Å². The van der Waals surface area contributed by atoms with Crippen LogP contribution in [0.2, 0.25) is 0 Å². The molecule has 5 nitrogen and oxygen atoms in total. The Kier molecular flexibility index (Phi) is 7.04. The zero-order chi connectivity index (χ0) is 17.4. The Morgan fingerprint density at radius 1 is 1.24 bits per heavy atom. The van der Waals surface area contributed by atoms with Crippen molar-refractivity contribution < 1.29 is 4.74 Å². The lowest BCUT2D eigenvalue weighted by atomic mass is 9.57. The summed E-state index contributed by atoms with van der Waals surface area (Å²) in [6.07, 6.45) is 5.62. The summed E-state index contributed by atoms with van der Waals surface area (Å²) in [4.78, 5) is 7.09. The van der Waals surface area contributed by atoms with Crippen molar-refractivity contribution in [1.29, 1.82) is 0 Å². The first-order valence-corrected chi connectivity index (χ1v) is 9.70. The van der Waals surface area contributed by atoms with Gasteiger partial charge in [0.05, 0.1) is 6.10 Å². The Bertz CT molecular complexity index is 474. The molecule has 2 N–H and O–H groups in total. The third kappa shape index (κ3) is 4.26. The SMILES string of the molecule is CN=C(NCC(C)(C)N1CCCCC1)NC1C2CCOC2C1(C)C.I. The zero-order valence-corrected chi connectivity index (χ0v) is 18.9. The van der Waals surface area contributed by atoms with E-state index in [0.717, 1.165) is 19.1 Å². The predicted octanol–water partition coefficient (Wildman–Crippen LogP) is 2.85. The van der Waals surface area contributed by atoms with Crippen LogP contribution >= 0.6 is 24.0 Å². The van der Waals surface area contributed by atoms with E-state index in [1.54, 1.807) is 0 Å². The number of aliphatic imine (C=N–C) groups is 1. The van der Waals surface area contributed by atoms with Crippen LogP contribution in [-0.4, -0.2) is 61.8 Å². The van der Waals surface area contributed by atoms with E-state index in [2.05, 4.69) is 48.2 Å². The van der Waals surface area contributed by atoms with Gasteiger partial charge in [0.25, 0.3) is 0 Å². The standard InChI is InChI=1S/C19H36N4O.HI/c1-18(2,23-10-7-6-8-11-23)13-21-17(20-5)22-15-14-9-12-24-16(14)19(15,3)4;/h14-16H,6-13H2,1-5H3,(H2,20,21,22);1H. The van der Waals surface area contributed by atoms with Gasteiger partial charge < -0.3 is 15.4 Å². The van der Waals surface area contributed by atoms with E-state index in [1.807, 2.05) is 7.05 Å². The molecule has 1 aliphatic carbocycles. The number of guanidine groups is 1. The molecule has 3 fully saturated rings. The number of ether oxygens (including phenoxy) is 1. The molecule has 0 amide bonds. The van der Waals surface area contributed by atoms with E-state index in [0.29, 0.717) is 18.1 Å². The molecule has 6 heteroatoms. The number of hydrogen-bond donors (Lipinski definition) is 2. The number of fused-ring (bicyclic) bond motifs is 1.